The molecule has 0 aliphatic carbocycles. The van der Waals surface area contributed by atoms with E-state index >= 15 is 0 Å². The molecule has 8 heteroatoms. The van der Waals surface area contributed by atoms with Crippen LogP contribution in [-0.2, 0) is 24.4 Å². The van der Waals surface area contributed by atoms with E-state index in [1.165, 1.54) is 11.8 Å². The minimum atomic E-state index is -0.533. The summed E-state index contributed by atoms with van der Waals surface area (Å²) in [6.45, 7) is 9.70. The minimum absolute atomic E-state index is 0.0973. The summed E-state index contributed by atoms with van der Waals surface area (Å²) in [5, 5.41) is 13.7. The number of nitrogens with zero attached hydrogens (tertiary/aromatic N) is 4. The van der Waals surface area contributed by atoms with Gasteiger partial charge in [-0.15, -0.1) is 0 Å². The molecule has 0 aliphatic heterocycles. The molecule has 0 fully saturated rings. The highest BCUT2D eigenvalue weighted by Gasteiger charge is 2.15. The number of benzene rings is 1. The smallest absolute Gasteiger partial charge is 0.358 e. The molecule has 0 saturated heterocycles. The zero-order valence-electron chi connectivity index (χ0n) is 16.1. The Morgan fingerprint density at radius 3 is 2.63 bits per heavy atom. The number of nitro groups is 1. The third-order valence-corrected chi connectivity index (χ3v) is 4.51. The molecule has 0 aliphatic rings. The van der Waals surface area contributed by atoms with Gasteiger partial charge in [0.15, 0.2) is 0 Å². The summed E-state index contributed by atoms with van der Waals surface area (Å²) in [5.74, 6) is 0.233. The number of carbonyl (C=O) groups is 1. The Bertz CT molecular complexity index is 783. The largest absolute Gasteiger partial charge is 0.381 e. The van der Waals surface area contributed by atoms with Gasteiger partial charge in [-0.25, -0.2) is 0 Å². The first-order valence-corrected chi connectivity index (χ1v) is 9.18. The van der Waals surface area contributed by atoms with Gasteiger partial charge in [-0.05, 0) is 34.1 Å². The second kappa shape index (κ2) is 9.82. The summed E-state index contributed by atoms with van der Waals surface area (Å²) >= 11 is 0. The molecule has 8 nitrogen and oxygen atoms in total. The first kappa shape index (κ1) is 20.6. The molecule has 0 saturated carbocycles. The van der Waals surface area contributed by atoms with Crippen molar-refractivity contribution in [3.63, 3.8) is 0 Å². The highest BCUT2D eigenvalue weighted by atomic mass is 16.6. The Hall–Kier alpha value is -2.74. The van der Waals surface area contributed by atoms with E-state index < -0.39 is 4.92 Å². The van der Waals surface area contributed by atoms with Gasteiger partial charge in [0.2, 0.25) is 11.7 Å². The molecule has 0 bridgehead atoms. The van der Waals surface area contributed by atoms with Crippen LogP contribution in [0.15, 0.2) is 30.5 Å². The first-order valence-electron chi connectivity index (χ1n) is 9.18. The van der Waals surface area contributed by atoms with E-state index in [0.717, 1.165) is 25.2 Å². The van der Waals surface area contributed by atoms with E-state index in [1.807, 2.05) is 12.1 Å². The van der Waals surface area contributed by atoms with Crippen molar-refractivity contribution in [2.45, 2.75) is 46.8 Å². The van der Waals surface area contributed by atoms with E-state index in [9.17, 15) is 14.9 Å². The molecule has 2 aromatic rings. The predicted molar refractivity (Wildman–Crippen MR) is 103 cm³/mol. The average molecular weight is 373 g/mol. The maximum Gasteiger partial charge on any atom is 0.381 e. The lowest BCUT2D eigenvalue weighted by Gasteiger charge is -2.18. The van der Waals surface area contributed by atoms with Gasteiger partial charge in [0, 0.05) is 33.0 Å². The van der Waals surface area contributed by atoms with Crippen LogP contribution in [0, 0.1) is 17.0 Å². The molecule has 146 valence electrons. The van der Waals surface area contributed by atoms with Gasteiger partial charge in [-0.3, -0.25) is 9.69 Å². The summed E-state index contributed by atoms with van der Waals surface area (Å²) in [7, 11) is 0. The Morgan fingerprint density at radius 1 is 1.30 bits per heavy atom. The maximum atomic E-state index is 12.1. The number of amides is 1. The van der Waals surface area contributed by atoms with Gasteiger partial charge in [0.1, 0.15) is 6.20 Å². The molecule has 1 N–H and O–H groups in total. The normalized spacial score (nSPS) is 11.0. The second-order valence-electron chi connectivity index (χ2n) is 6.40. The first-order chi connectivity index (χ1) is 12.9. The van der Waals surface area contributed by atoms with Gasteiger partial charge < -0.3 is 20.0 Å². The Balaban J connectivity index is 1.84. The number of aryl methyl sites for hydroxylation is 2. The van der Waals surface area contributed by atoms with Gasteiger partial charge in [0.05, 0.1) is 0 Å². The zero-order valence-corrected chi connectivity index (χ0v) is 16.1. The van der Waals surface area contributed by atoms with E-state index in [2.05, 4.69) is 41.2 Å². The number of hydrogen-bond donors (Lipinski definition) is 1. The number of carbonyl (C=O) groups excluding carboxylic acids is 1. The maximum absolute atomic E-state index is 12.1. The van der Waals surface area contributed by atoms with Crippen molar-refractivity contribution in [1.29, 1.82) is 0 Å². The molecule has 1 heterocycles. The third-order valence-electron chi connectivity index (χ3n) is 4.51. The summed E-state index contributed by atoms with van der Waals surface area (Å²) in [6.07, 6.45) is 1.60. The van der Waals surface area contributed by atoms with Crippen LogP contribution >= 0.6 is 0 Å². The third kappa shape index (κ3) is 6.18. The lowest BCUT2D eigenvalue weighted by Crippen LogP contribution is -2.24. The molecule has 0 atom stereocenters. The van der Waals surface area contributed by atoms with Crippen molar-refractivity contribution in [1.82, 2.24) is 19.8 Å². The van der Waals surface area contributed by atoms with Crippen molar-refractivity contribution in [3.8, 4) is 0 Å². The van der Waals surface area contributed by atoms with Crippen LogP contribution in [0.4, 0.5) is 5.82 Å². The van der Waals surface area contributed by atoms with Crippen LogP contribution in [0.2, 0.25) is 0 Å². The number of aromatic nitrogens is 2. The van der Waals surface area contributed by atoms with Crippen molar-refractivity contribution in [2.24, 2.45) is 0 Å². The fraction of sp³-hybridized carbons (Fsp3) is 0.474. The molecule has 2 rings (SSSR count). The van der Waals surface area contributed by atoms with Crippen molar-refractivity contribution < 1.29 is 9.72 Å². The highest BCUT2D eigenvalue weighted by molar-refractivity contribution is 5.75. The zero-order chi connectivity index (χ0) is 19.8. The molecule has 1 amide bonds. The van der Waals surface area contributed by atoms with Gasteiger partial charge in [-0.2, -0.15) is 0 Å². The predicted octanol–water partition coefficient (Wildman–Crippen LogP) is 2.65. The molecule has 1 aromatic heterocycles. The molecule has 0 radical (unpaired) electrons. The van der Waals surface area contributed by atoms with Gasteiger partial charge in [-0.1, -0.05) is 38.1 Å². The van der Waals surface area contributed by atoms with Crippen molar-refractivity contribution in [2.75, 3.05) is 13.1 Å². The molecule has 1 aromatic carbocycles. The minimum Gasteiger partial charge on any atom is -0.358 e. The van der Waals surface area contributed by atoms with Crippen LogP contribution in [0.3, 0.4) is 0 Å². The quantitative estimate of drug-likeness (QED) is 0.510. The topological polar surface area (TPSA) is 93.3 Å². The Labute approximate surface area is 159 Å². The monoisotopic (exact) mass is 373 g/mol. The number of hydrogen-bond acceptors (Lipinski definition) is 5. The molecule has 0 unspecified atom stereocenters. The fourth-order valence-electron chi connectivity index (χ4n) is 2.86. The summed E-state index contributed by atoms with van der Waals surface area (Å²) in [6, 6.07) is 8.21. The molecular formula is C19H27N5O3. The number of nitrogens with one attached hydrogen (secondary N) is 1. The van der Waals surface area contributed by atoms with E-state index in [0.29, 0.717) is 18.9 Å². The summed E-state index contributed by atoms with van der Waals surface area (Å²) < 4.78 is 1.63. The molecule has 0 spiro atoms. The number of rotatable bonds is 10. The Kier molecular flexibility index (Phi) is 7.48. The molecule has 27 heavy (non-hydrogen) atoms. The summed E-state index contributed by atoms with van der Waals surface area (Å²) in [5.41, 5.74) is 2.29. The average Bonchev–Trinajstić information content (AvgIpc) is 3.04. The van der Waals surface area contributed by atoms with Crippen LogP contribution in [0.25, 0.3) is 0 Å². The van der Waals surface area contributed by atoms with Crippen molar-refractivity contribution in [3.05, 3.63) is 57.5 Å². The van der Waals surface area contributed by atoms with Gasteiger partial charge >= 0.3 is 5.82 Å². The highest BCUT2D eigenvalue weighted by Crippen LogP contribution is 2.11. The lowest BCUT2D eigenvalue weighted by atomic mass is 10.1. The van der Waals surface area contributed by atoms with Crippen molar-refractivity contribution >= 4 is 11.7 Å². The van der Waals surface area contributed by atoms with Crippen LogP contribution < -0.4 is 5.32 Å². The van der Waals surface area contributed by atoms with E-state index in [1.54, 1.807) is 11.5 Å². The van der Waals surface area contributed by atoms with Crippen LogP contribution in [-0.4, -0.2) is 38.4 Å². The van der Waals surface area contributed by atoms with E-state index in [-0.39, 0.29) is 18.1 Å². The van der Waals surface area contributed by atoms with E-state index in [4.69, 9.17) is 0 Å². The van der Waals surface area contributed by atoms with Gasteiger partial charge in [0.25, 0.3) is 0 Å². The van der Waals surface area contributed by atoms with Crippen LogP contribution in [0.5, 0.6) is 0 Å². The fourth-order valence-corrected chi connectivity index (χ4v) is 2.86. The second-order valence-corrected chi connectivity index (χ2v) is 6.40. The standard InChI is InChI=1S/C19H27N5O3/c1-4-22(5-2)13-17-8-6-7-16(11-17)12-20-19(25)9-10-23-14-18(24(26)27)21-15(23)3/h6-8,11,14H,4-5,9-10,12-13H2,1-3H3,(H,20,25). The lowest BCUT2D eigenvalue weighted by molar-refractivity contribution is -0.389. The molecular weight excluding hydrogens is 346 g/mol. The van der Waals surface area contributed by atoms with Crippen LogP contribution in [0.1, 0.15) is 37.2 Å². The number of imidazole rings is 1. The Morgan fingerprint density at radius 2 is 2.00 bits per heavy atom. The SMILES string of the molecule is CCN(CC)Cc1cccc(CNC(=O)CCn2cc([N+](=O)[O-])nc2C)c1. The summed E-state index contributed by atoms with van der Waals surface area (Å²) in [4.78, 5) is 28.5.